The van der Waals surface area contributed by atoms with Crippen LogP contribution in [0.25, 0.3) is 22.3 Å². The molecule has 33 heavy (non-hydrogen) atoms. The number of benzene rings is 5. The van der Waals surface area contributed by atoms with Crippen molar-refractivity contribution >= 4 is 48.9 Å². The van der Waals surface area contributed by atoms with Gasteiger partial charge in [0.15, 0.2) is 0 Å². The van der Waals surface area contributed by atoms with Crippen LogP contribution >= 0.6 is 31.9 Å². The third-order valence-corrected chi connectivity index (χ3v) is 6.66. The summed E-state index contributed by atoms with van der Waals surface area (Å²) >= 11 is 7.14. The molecule has 0 radical (unpaired) electrons. The summed E-state index contributed by atoms with van der Waals surface area (Å²) in [5.41, 5.74) is 8.15. The Bertz CT molecular complexity index is 1300. The van der Waals surface area contributed by atoms with Crippen molar-refractivity contribution in [1.82, 2.24) is 0 Å². The second-order valence-electron chi connectivity index (χ2n) is 7.75. The minimum Gasteiger partial charge on any atom is -0.310 e. The molecule has 0 amide bonds. The largest absolute Gasteiger partial charge is 0.310 e. The highest BCUT2D eigenvalue weighted by Gasteiger charge is 2.16. The molecule has 0 heterocycles. The highest BCUT2D eigenvalue weighted by Crippen LogP contribution is 2.40. The molecule has 0 spiro atoms. The monoisotopic (exact) mass is 553 g/mol. The molecule has 0 fully saturated rings. The number of nitrogens with zero attached hydrogens (tertiary/aromatic N) is 1. The molecule has 5 aromatic rings. The minimum absolute atomic E-state index is 1.06. The standard InChI is InChI=1S/C30H21Br2N/c31-24-11-15-26(16-12-24)33(27-17-13-25(32)14-18-27)28-19-20-29(22-7-3-1-4-8-22)30(21-28)23-9-5-2-6-10-23/h1-21H. The zero-order valence-electron chi connectivity index (χ0n) is 17.8. The molecule has 0 saturated heterocycles. The molecule has 1 nitrogen and oxygen atoms in total. The lowest BCUT2D eigenvalue weighted by Crippen LogP contribution is -2.10. The molecular weight excluding hydrogens is 534 g/mol. The summed E-state index contributed by atoms with van der Waals surface area (Å²) in [6.45, 7) is 0. The molecular formula is C30H21Br2N. The predicted octanol–water partition coefficient (Wildman–Crippen LogP) is 10.0. The van der Waals surface area contributed by atoms with E-state index in [9.17, 15) is 0 Å². The van der Waals surface area contributed by atoms with Crippen molar-refractivity contribution in [2.24, 2.45) is 0 Å². The predicted molar refractivity (Wildman–Crippen MR) is 147 cm³/mol. The first-order valence-electron chi connectivity index (χ1n) is 10.8. The molecule has 0 aliphatic rings. The zero-order valence-corrected chi connectivity index (χ0v) is 21.0. The van der Waals surface area contributed by atoms with Crippen LogP contribution in [0.15, 0.2) is 136 Å². The van der Waals surface area contributed by atoms with Crippen LogP contribution in [0.2, 0.25) is 0 Å². The highest BCUT2D eigenvalue weighted by molar-refractivity contribution is 9.10. The van der Waals surface area contributed by atoms with Crippen LogP contribution in [-0.2, 0) is 0 Å². The maximum absolute atomic E-state index is 3.57. The van der Waals surface area contributed by atoms with Crippen molar-refractivity contribution in [2.75, 3.05) is 4.90 Å². The van der Waals surface area contributed by atoms with Crippen LogP contribution in [0.4, 0.5) is 17.1 Å². The van der Waals surface area contributed by atoms with Gasteiger partial charge in [-0.15, -0.1) is 0 Å². The first kappa shape index (κ1) is 21.7. The van der Waals surface area contributed by atoms with Gasteiger partial charge in [0.05, 0.1) is 0 Å². The molecule has 0 aliphatic heterocycles. The average Bonchev–Trinajstić information content (AvgIpc) is 2.87. The Morgan fingerprint density at radius 2 is 0.818 bits per heavy atom. The molecule has 0 atom stereocenters. The summed E-state index contributed by atoms with van der Waals surface area (Å²) in [5, 5.41) is 0. The maximum atomic E-state index is 3.57. The Labute approximate surface area is 211 Å². The van der Waals surface area contributed by atoms with E-state index in [1.807, 2.05) is 0 Å². The lowest BCUT2D eigenvalue weighted by molar-refractivity contribution is 1.28. The third kappa shape index (κ3) is 4.80. The van der Waals surface area contributed by atoms with Gasteiger partial charge in [-0.25, -0.2) is 0 Å². The second-order valence-corrected chi connectivity index (χ2v) is 9.58. The molecule has 5 aromatic carbocycles. The van der Waals surface area contributed by atoms with Gasteiger partial charge in [-0.05, 0) is 82.9 Å². The molecule has 0 aromatic heterocycles. The van der Waals surface area contributed by atoms with E-state index in [1.165, 1.54) is 22.3 Å². The number of hydrogen-bond acceptors (Lipinski definition) is 1. The van der Waals surface area contributed by atoms with E-state index in [-0.39, 0.29) is 0 Å². The Balaban J connectivity index is 1.71. The van der Waals surface area contributed by atoms with Crippen molar-refractivity contribution in [3.05, 3.63) is 136 Å². The fourth-order valence-corrected chi connectivity index (χ4v) is 4.55. The number of halogens is 2. The van der Waals surface area contributed by atoms with Crippen LogP contribution in [0.1, 0.15) is 0 Å². The van der Waals surface area contributed by atoms with Crippen LogP contribution in [0, 0.1) is 0 Å². The normalized spacial score (nSPS) is 10.7. The topological polar surface area (TPSA) is 3.24 Å². The van der Waals surface area contributed by atoms with Gasteiger partial charge >= 0.3 is 0 Å². The fraction of sp³-hybridized carbons (Fsp3) is 0. The fourth-order valence-electron chi connectivity index (χ4n) is 4.02. The van der Waals surface area contributed by atoms with Gasteiger partial charge in [0.1, 0.15) is 0 Å². The van der Waals surface area contributed by atoms with Crippen molar-refractivity contribution in [2.45, 2.75) is 0 Å². The van der Waals surface area contributed by atoms with E-state index in [0.29, 0.717) is 0 Å². The van der Waals surface area contributed by atoms with Crippen LogP contribution in [-0.4, -0.2) is 0 Å². The van der Waals surface area contributed by atoms with Gasteiger partial charge in [0.25, 0.3) is 0 Å². The van der Waals surface area contributed by atoms with E-state index in [0.717, 1.165) is 26.0 Å². The summed E-state index contributed by atoms with van der Waals surface area (Å²) in [6, 6.07) is 44.8. The SMILES string of the molecule is Brc1ccc(N(c2ccc(Br)cc2)c2ccc(-c3ccccc3)c(-c3ccccc3)c2)cc1. The van der Waals surface area contributed by atoms with E-state index in [2.05, 4.69) is 164 Å². The van der Waals surface area contributed by atoms with Crippen molar-refractivity contribution in [3.63, 3.8) is 0 Å². The van der Waals surface area contributed by atoms with Gasteiger partial charge in [-0.1, -0.05) is 98.6 Å². The lowest BCUT2D eigenvalue weighted by atomic mass is 9.93. The quantitative estimate of drug-likeness (QED) is 0.209. The maximum Gasteiger partial charge on any atom is 0.0468 e. The summed E-state index contributed by atoms with van der Waals surface area (Å²) < 4.78 is 2.12. The second kappa shape index (κ2) is 9.78. The summed E-state index contributed by atoms with van der Waals surface area (Å²) in [7, 11) is 0. The Kier molecular flexibility index (Phi) is 6.43. The Morgan fingerprint density at radius 1 is 0.394 bits per heavy atom. The number of anilines is 3. The first-order valence-corrected chi connectivity index (χ1v) is 12.3. The number of hydrogen-bond donors (Lipinski definition) is 0. The number of rotatable bonds is 5. The Morgan fingerprint density at radius 3 is 1.30 bits per heavy atom. The van der Waals surface area contributed by atoms with Gasteiger partial charge in [-0.3, -0.25) is 0 Å². The van der Waals surface area contributed by atoms with Crippen LogP contribution in [0.3, 0.4) is 0 Å². The summed E-state index contributed by atoms with van der Waals surface area (Å²) in [6.07, 6.45) is 0. The molecule has 0 unspecified atom stereocenters. The zero-order chi connectivity index (χ0) is 22.6. The van der Waals surface area contributed by atoms with Crippen LogP contribution < -0.4 is 4.90 Å². The summed E-state index contributed by atoms with van der Waals surface area (Å²) in [5.74, 6) is 0. The van der Waals surface area contributed by atoms with Crippen LogP contribution in [0.5, 0.6) is 0 Å². The van der Waals surface area contributed by atoms with Gasteiger partial charge in [0, 0.05) is 26.0 Å². The molecule has 0 saturated carbocycles. The molecule has 160 valence electrons. The molecule has 0 bridgehead atoms. The lowest BCUT2D eigenvalue weighted by Gasteiger charge is -2.27. The smallest absolute Gasteiger partial charge is 0.0468 e. The third-order valence-electron chi connectivity index (χ3n) is 5.60. The van der Waals surface area contributed by atoms with Gasteiger partial charge < -0.3 is 4.90 Å². The van der Waals surface area contributed by atoms with E-state index in [4.69, 9.17) is 0 Å². The van der Waals surface area contributed by atoms with Gasteiger partial charge in [0.2, 0.25) is 0 Å². The van der Waals surface area contributed by atoms with Crippen molar-refractivity contribution < 1.29 is 0 Å². The van der Waals surface area contributed by atoms with Crippen molar-refractivity contribution in [1.29, 1.82) is 0 Å². The minimum atomic E-state index is 1.06. The van der Waals surface area contributed by atoms with E-state index in [1.54, 1.807) is 0 Å². The summed E-state index contributed by atoms with van der Waals surface area (Å²) in [4.78, 5) is 2.29. The molecule has 3 heteroatoms. The Hall–Kier alpha value is -3.14. The highest BCUT2D eigenvalue weighted by atomic mass is 79.9. The van der Waals surface area contributed by atoms with E-state index >= 15 is 0 Å². The molecule has 0 N–H and O–H groups in total. The molecule has 5 rings (SSSR count). The molecule has 0 aliphatic carbocycles. The van der Waals surface area contributed by atoms with Crippen molar-refractivity contribution in [3.8, 4) is 22.3 Å². The average molecular weight is 555 g/mol. The first-order chi connectivity index (χ1) is 16.2. The van der Waals surface area contributed by atoms with E-state index < -0.39 is 0 Å². The van der Waals surface area contributed by atoms with Gasteiger partial charge in [-0.2, -0.15) is 0 Å².